The molecular weight excluding hydrogens is 306 g/mol. The second kappa shape index (κ2) is 21.3. The summed E-state index contributed by atoms with van der Waals surface area (Å²) in [4.78, 5) is 11.0. The number of amides is 1. The summed E-state index contributed by atoms with van der Waals surface area (Å²) in [5, 5.41) is 2.60. The fourth-order valence-electron chi connectivity index (χ4n) is 3.26. The second-order valence-corrected chi connectivity index (χ2v) is 7.46. The maximum atomic E-state index is 11.0. The average molecular weight is 352 g/mol. The van der Waals surface area contributed by atoms with Crippen molar-refractivity contribution in [1.82, 2.24) is 5.32 Å². The number of carbonyl (C=O) groups excluding carboxylic acids is 1. The first-order chi connectivity index (χ1) is 12.3. The fourth-order valence-corrected chi connectivity index (χ4v) is 3.26. The van der Waals surface area contributed by atoms with Gasteiger partial charge >= 0.3 is 0 Å². The number of hydrogen-bond acceptors (Lipinski definition) is 1. The number of likely N-dealkylation sites (N-methyl/N-ethyl adjacent to an activating group) is 1. The van der Waals surface area contributed by atoms with Crippen LogP contribution in [-0.2, 0) is 4.79 Å². The zero-order valence-corrected chi connectivity index (χ0v) is 17.3. The van der Waals surface area contributed by atoms with Crippen molar-refractivity contribution < 1.29 is 4.79 Å². The Labute approximate surface area is 158 Å². The van der Waals surface area contributed by atoms with Crippen molar-refractivity contribution >= 4 is 5.91 Å². The molecule has 0 bridgehead atoms. The van der Waals surface area contributed by atoms with E-state index in [-0.39, 0.29) is 5.91 Å². The largest absolute Gasteiger partial charge is 0.356 e. The van der Waals surface area contributed by atoms with Gasteiger partial charge in [-0.15, -0.1) is 0 Å². The third kappa shape index (κ3) is 21.2. The molecular formula is C23H45NO. The highest BCUT2D eigenvalue weighted by atomic mass is 16.1. The van der Waals surface area contributed by atoms with Crippen LogP contribution in [0.4, 0.5) is 0 Å². The zero-order valence-electron chi connectivity index (χ0n) is 17.3. The Morgan fingerprint density at radius 1 is 0.640 bits per heavy atom. The Hall–Kier alpha value is -0.790. The molecule has 1 amide bonds. The summed E-state index contributed by atoms with van der Waals surface area (Å²) in [7, 11) is 1.67. The molecule has 2 heteroatoms. The minimum atomic E-state index is 0.00646. The number of nitrogens with one attached hydrogen (secondary N) is 1. The van der Waals surface area contributed by atoms with Gasteiger partial charge in [0.05, 0.1) is 0 Å². The van der Waals surface area contributed by atoms with Gasteiger partial charge in [0.25, 0.3) is 0 Å². The van der Waals surface area contributed by atoms with Crippen LogP contribution < -0.4 is 5.32 Å². The summed E-state index contributed by atoms with van der Waals surface area (Å²) in [5.74, 6) is 0.00646. The molecule has 2 nitrogen and oxygen atoms in total. The van der Waals surface area contributed by atoms with Gasteiger partial charge in [-0.2, -0.15) is 0 Å². The lowest BCUT2D eigenvalue weighted by Crippen LogP contribution is -2.13. The van der Waals surface area contributed by atoms with E-state index in [1.54, 1.807) is 13.1 Å². The normalized spacial score (nSPS) is 11.3. The molecule has 0 aliphatic carbocycles. The van der Waals surface area contributed by atoms with E-state index in [9.17, 15) is 4.79 Å². The molecule has 0 radical (unpaired) electrons. The lowest BCUT2D eigenvalue weighted by atomic mass is 10.0. The van der Waals surface area contributed by atoms with E-state index in [0.717, 1.165) is 6.42 Å². The van der Waals surface area contributed by atoms with E-state index in [4.69, 9.17) is 0 Å². The van der Waals surface area contributed by atoms with Crippen molar-refractivity contribution in [3.05, 3.63) is 12.2 Å². The van der Waals surface area contributed by atoms with Gasteiger partial charge in [0.15, 0.2) is 0 Å². The van der Waals surface area contributed by atoms with Crippen molar-refractivity contribution in [2.45, 2.75) is 122 Å². The van der Waals surface area contributed by atoms with Gasteiger partial charge < -0.3 is 5.32 Å². The first-order valence-electron chi connectivity index (χ1n) is 11.2. The predicted molar refractivity (Wildman–Crippen MR) is 112 cm³/mol. The van der Waals surface area contributed by atoms with E-state index >= 15 is 0 Å². The molecule has 1 N–H and O–H groups in total. The van der Waals surface area contributed by atoms with Crippen LogP contribution in [0.25, 0.3) is 0 Å². The number of unbranched alkanes of at least 4 members (excludes halogenated alkanes) is 17. The van der Waals surface area contributed by atoms with E-state index in [1.165, 1.54) is 109 Å². The maximum absolute atomic E-state index is 11.0. The molecule has 0 saturated carbocycles. The molecule has 0 atom stereocenters. The Kier molecular flexibility index (Phi) is 20.6. The Morgan fingerprint density at radius 3 is 1.36 bits per heavy atom. The van der Waals surface area contributed by atoms with Crippen LogP contribution in [0.5, 0.6) is 0 Å². The summed E-state index contributed by atoms with van der Waals surface area (Å²) in [5.41, 5.74) is 0. The molecule has 0 fully saturated rings. The van der Waals surface area contributed by atoms with Gasteiger partial charge in [0.1, 0.15) is 0 Å². The molecule has 0 rings (SSSR count). The predicted octanol–water partition coefficient (Wildman–Crippen LogP) is 7.33. The summed E-state index contributed by atoms with van der Waals surface area (Å²) >= 11 is 0. The third-order valence-electron chi connectivity index (χ3n) is 4.99. The molecule has 148 valence electrons. The number of carbonyl (C=O) groups is 1. The molecule has 0 aromatic rings. The minimum Gasteiger partial charge on any atom is -0.356 e. The lowest BCUT2D eigenvalue weighted by molar-refractivity contribution is -0.116. The summed E-state index contributed by atoms with van der Waals surface area (Å²) < 4.78 is 0. The van der Waals surface area contributed by atoms with Crippen molar-refractivity contribution in [3.8, 4) is 0 Å². The van der Waals surface area contributed by atoms with E-state index in [2.05, 4.69) is 12.2 Å². The van der Waals surface area contributed by atoms with Crippen molar-refractivity contribution in [3.63, 3.8) is 0 Å². The van der Waals surface area contributed by atoms with E-state index < -0.39 is 0 Å². The number of allylic oxidation sites excluding steroid dienone is 1. The van der Waals surface area contributed by atoms with Crippen molar-refractivity contribution in [2.24, 2.45) is 0 Å². The van der Waals surface area contributed by atoms with Gasteiger partial charge in [0.2, 0.25) is 5.91 Å². The molecule has 0 aromatic heterocycles. The standard InChI is InChI=1S/C23H45NO/c1-3-4-5-6-7-8-9-10-11-12-13-14-15-16-17-18-19-20-21-22-23(25)24-2/h21-22H,3-20H2,1-2H3,(H,24,25). The maximum Gasteiger partial charge on any atom is 0.243 e. The van der Waals surface area contributed by atoms with Crippen LogP contribution in [0.15, 0.2) is 12.2 Å². The van der Waals surface area contributed by atoms with Gasteiger partial charge in [-0.05, 0) is 18.9 Å². The van der Waals surface area contributed by atoms with Gasteiger partial charge in [-0.1, -0.05) is 116 Å². The monoisotopic (exact) mass is 351 g/mol. The smallest absolute Gasteiger partial charge is 0.243 e. The number of hydrogen-bond donors (Lipinski definition) is 1. The molecule has 0 saturated heterocycles. The molecule has 0 aliphatic rings. The highest BCUT2D eigenvalue weighted by Crippen LogP contribution is 2.14. The molecule has 0 unspecified atom stereocenters. The van der Waals surface area contributed by atoms with E-state index in [0.29, 0.717) is 0 Å². The lowest BCUT2D eigenvalue weighted by Gasteiger charge is -2.03. The van der Waals surface area contributed by atoms with Crippen LogP contribution in [0.2, 0.25) is 0 Å². The first-order valence-corrected chi connectivity index (χ1v) is 11.2. The summed E-state index contributed by atoms with van der Waals surface area (Å²) in [6.07, 6.45) is 28.6. The molecule has 0 aliphatic heterocycles. The highest BCUT2D eigenvalue weighted by Gasteiger charge is 1.95. The average Bonchev–Trinajstić information content (AvgIpc) is 2.63. The molecule has 25 heavy (non-hydrogen) atoms. The highest BCUT2D eigenvalue weighted by molar-refractivity contribution is 5.87. The Bertz CT molecular complexity index is 298. The molecule has 0 heterocycles. The van der Waals surface area contributed by atoms with Crippen LogP contribution in [0, 0.1) is 0 Å². The van der Waals surface area contributed by atoms with E-state index in [1.807, 2.05) is 6.08 Å². The van der Waals surface area contributed by atoms with Crippen LogP contribution in [-0.4, -0.2) is 13.0 Å². The number of rotatable bonds is 19. The zero-order chi connectivity index (χ0) is 18.4. The topological polar surface area (TPSA) is 29.1 Å². The Balaban J connectivity index is 3.05. The Morgan fingerprint density at radius 2 is 1.00 bits per heavy atom. The minimum absolute atomic E-state index is 0.00646. The first kappa shape index (κ1) is 24.2. The van der Waals surface area contributed by atoms with Gasteiger partial charge in [-0.3, -0.25) is 4.79 Å². The van der Waals surface area contributed by atoms with Crippen LogP contribution in [0.1, 0.15) is 122 Å². The van der Waals surface area contributed by atoms with Crippen LogP contribution >= 0.6 is 0 Å². The van der Waals surface area contributed by atoms with Gasteiger partial charge in [0, 0.05) is 7.05 Å². The molecule has 0 spiro atoms. The van der Waals surface area contributed by atoms with Gasteiger partial charge in [-0.25, -0.2) is 0 Å². The third-order valence-corrected chi connectivity index (χ3v) is 4.99. The quantitative estimate of drug-likeness (QED) is 0.191. The molecule has 0 aromatic carbocycles. The van der Waals surface area contributed by atoms with Crippen molar-refractivity contribution in [1.29, 1.82) is 0 Å². The van der Waals surface area contributed by atoms with Crippen LogP contribution in [0.3, 0.4) is 0 Å². The summed E-state index contributed by atoms with van der Waals surface area (Å²) in [6.45, 7) is 2.29. The SMILES string of the molecule is CCCCCCCCCCCCCCCCCCCC=CC(=O)NC. The van der Waals surface area contributed by atoms with Crippen molar-refractivity contribution in [2.75, 3.05) is 7.05 Å². The second-order valence-electron chi connectivity index (χ2n) is 7.46. The fraction of sp³-hybridized carbons (Fsp3) is 0.870. The summed E-state index contributed by atoms with van der Waals surface area (Å²) in [6, 6.07) is 0.